The molecule has 0 fully saturated rings. The second kappa shape index (κ2) is 12.8. The van der Waals surface area contributed by atoms with Crippen LogP contribution in [0.4, 0.5) is 5.00 Å². The number of nitrogens with one attached hydrogen (secondary N) is 1. The number of fused-ring (bicyclic) bond motifs is 1. The first-order valence-electron chi connectivity index (χ1n) is 12.4. The highest BCUT2D eigenvalue weighted by molar-refractivity contribution is 7.99. The average Bonchev–Trinajstić information content (AvgIpc) is 3.37. The molecular formula is C27H31ClN4O4S2. The van der Waals surface area contributed by atoms with Crippen molar-refractivity contribution in [3.63, 3.8) is 0 Å². The number of carbonyl (C=O) groups is 2. The lowest BCUT2D eigenvalue weighted by Gasteiger charge is -2.16. The Hall–Kier alpha value is -2.82. The minimum atomic E-state index is -0.410. The van der Waals surface area contributed by atoms with Crippen LogP contribution in [-0.2, 0) is 28.9 Å². The number of thioether (sulfide) groups is 1. The van der Waals surface area contributed by atoms with Crippen molar-refractivity contribution in [1.29, 1.82) is 0 Å². The van der Waals surface area contributed by atoms with Gasteiger partial charge >= 0.3 is 5.97 Å². The third kappa shape index (κ3) is 6.42. The highest BCUT2D eigenvalue weighted by atomic mass is 35.5. The quantitative estimate of drug-likeness (QED) is 0.129. The molecule has 2 aromatic heterocycles. The maximum absolute atomic E-state index is 12.9. The molecule has 0 saturated carbocycles. The Bertz CT molecular complexity index is 1340. The van der Waals surface area contributed by atoms with Gasteiger partial charge in [-0.3, -0.25) is 9.36 Å². The van der Waals surface area contributed by atoms with Crippen LogP contribution in [0.5, 0.6) is 5.75 Å². The van der Waals surface area contributed by atoms with Crippen molar-refractivity contribution in [2.75, 3.05) is 18.2 Å². The predicted octanol–water partition coefficient (Wildman–Crippen LogP) is 6.41. The number of nitrogens with zero attached hydrogens (tertiary/aromatic N) is 3. The lowest BCUT2D eigenvalue weighted by atomic mass is 10.1. The van der Waals surface area contributed by atoms with E-state index in [1.165, 1.54) is 30.2 Å². The monoisotopic (exact) mass is 574 g/mol. The lowest BCUT2D eigenvalue weighted by Crippen LogP contribution is -2.17. The van der Waals surface area contributed by atoms with Crippen LogP contribution in [0, 0.1) is 6.92 Å². The van der Waals surface area contributed by atoms with Crippen molar-refractivity contribution in [2.24, 2.45) is 0 Å². The molecule has 1 aliphatic carbocycles. The summed E-state index contributed by atoms with van der Waals surface area (Å²) >= 11 is 8.87. The molecule has 202 valence electrons. The van der Waals surface area contributed by atoms with Gasteiger partial charge in [0, 0.05) is 16.4 Å². The number of esters is 1. The van der Waals surface area contributed by atoms with Gasteiger partial charge in [0.25, 0.3) is 0 Å². The number of halogens is 1. The van der Waals surface area contributed by atoms with Gasteiger partial charge in [-0.05, 0) is 68.9 Å². The van der Waals surface area contributed by atoms with E-state index in [2.05, 4.69) is 22.1 Å². The average molecular weight is 575 g/mol. The topological polar surface area (TPSA) is 95.3 Å². The summed E-state index contributed by atoms with van der Waals surface area (Å²) in [6.07, 6.45) is 6.34. The van der Waals surface area contributed by atoms with Crippen molar-refractivity contribution in [2.45, 2.75) is 63.8 Å². The summed E-state index contributed by atoms with van der Waals surface area (Å²) in [5.41, 5.74) is 2.43. The van der Waals surface area contributed by atoms with Gasteiger partial charge in [-0.2, -0.15) is 0 Å². The SMILES string of the molecule is C=CCn1c(SCC(=O)Nc2sc3c(c2C(=O)OC)CCCCC3)nnc1C(C)Oc1ccc(Cl)c(C)c1. The van der Waals surface area contributed by atoms with E-state index in [1.54, 1.807) is 12.1 Å². The minimum Gasteiger partial charge on any atom is -0.483 e. The van der Waals surface area contributed by atoms with Crippen LogP contribution in [-0.4, -0.2) is 39.5 Å². The van der Waals surface area contributed by atoms with E-state index in [0.29, 0.717) is 38.9 Å². The Morgan fingerprint density at radius 1 is 1.29 bits per heavy atom. The fraction of sp³-hybridized carbons (Fsp3) is 0.407. The van der Waals surface area contributed by atoms with Gasteiger partial charge < -0.3 is 14.8 Å². The van der Waals surface area contributed by atoms with Crippen LogP contribution in [0.3, 0.4) is 0 Å². The molecule has 0 bridgehead atoms. The normalized spacial score (nSPS) is 13.8. The fourth-order valence-corrected chi connectivity index (χ4v) is 6.56. The van der Waals surface area contributed by atoms with Crippen LogP contribution in [0.15, 0.2) is 36.0 Å². The molecule has 38 heavy (non-hydrogen) atoms. The molecule has 1 unspecified atom stereocenters. The van der Waals surface area contributed by atoms with Crippen molar-refractivity contribution in [3.05, 3.63) is 63.3 Å². The Morgan fingerprint density at radius 3 is 2.82 bits per heavy atom. The van der Waals surface area contributed by atoms with E-state index in [4.69, 9.17) is 21.1 Å². The molecule has 1 aliphatic rings. The van der Waals surface area contributed by atoms with Gasteiger partial charge in [-0.15, -0.1) is 28.1 Å². The van der Waals surface area contributed by atoms with Crippen LogP contribution in [0.1, 0.15) is 64.5 Å². The van der Waals surface area contributed by atoms with E-state index in [1.807, 2.05) is 30.5 Å². The number of allylic oxidation sites excluding steroid dienone is 1. The number of ether oxygens (including phenoxy) is 2. The highest BCUT2D eigenvalue weighted by Gasteiger charge is 2.27. The number of methoxy groups -OCH3 is 1. The second-order valence-corrected chi connectivity index (χ2v) is 11.5. The number of anilines is 1. The molecule has 1 N–H and O–H groups in total. The summed E-state index contributed by atoms with van der Waals surface area (Å²) in [5.74, 6) is 0.761. The van der Waals surface area contributed by atoms with E-state index >= 15 is 0 Å². The summed E-state index contributed by atoms with van der Waals surface area (Å²) in [7, 11) is 1.37. The van der Waals surface area contributed by atoms with Crippen molar-refractivity contribution < 1.29 is 19.1 Å². The molecular weight excluding hydrogens is 544 g/mol. The molecule has 8 nitrogen and oxygen atoms in total. The molecule has 3 aromatic rings. The molecule has 1 aromatic carbocycles. The third-order valence-electron chi connectivity index (χ3n) is 6.26. The van der Waals surface area contributed by atoms with E-state index in [0.717, 1.165) is 48.1 Å². The number of benzene rings is 1. The van der Waals surface area contributed by atoms with E-state index in [9.17, 15) is 9.59 Å². The van der Waals surface area contributed by atoms with Crippen LogP contribution >= 0.6 is 34.7 Å². The number of thiophene rings is 1. The van der Waals surface area contributed by atoms with E-state index in [-0.39, 0.29) is 11.7 Å². The molecule has 11 heteroatoms. The molecule has 1 amide bonds. The number of aryl methyl sites for hydroxylation is 2. The lowest BCUT2D eigenvalue weighted by molar-refractivity contribution is -0.113. The van der Waals surface area contributed by atoms with Gasteiger partial charge in [-0.1, -0.05) is 35.9 Å². The second-order valence-electron chi connectivity index (χ2n) is 9.01. The maximum atomic E-state index is 12.9. The molecule has 0 aliphatic heterocycles. The first-order chi connectivity index (χ1) is 18.3. The fourth-order valence-electron chi connectivity index (χ4n) is 4.40. The van der Waals surface area contributed by atoms with Gasteiger partial charge in [0.1, 0.15) is 10.8 Å². The molecule has 0 spiro atoms. The molecule has 0 saturated heterocycles. The predicted molar refractivity (Wildman–Crippen MR) is 152 cm³/mol. The van der Waals surface area contributed by atoms with Crippen LogP contribution in [0.25, 0.3) is 0 Å². The molecule has 0 radical (unpaired) electrons. The first-order valence-corrected chi connectivity index (χ1v) is 14.6. The number of hydrogen-bond donors (Lipinski definition) is 1. The zero-order valence-corrected chi connectivity index (χ0v) is 24.1. The standard InChI is InChI=1S/C27H31ClN4O4S2/c1-5-13-32-24(17(3)36-18-11-12-20(28)16(2)14-18)30-31-27(32)37-15-22(33)29-25-23(26(34)35-4)19-9-7-6-8-10-21(19)38-25/h5,11-12,14,17H,1,6-10,13,15H2,2-4H3,(H,29,33). The molecule has 2 heterocycles. The summed E-state index contributed by atoms with van der Waals surface area (Å²) in [6, 6.07) is 5.48. The summed E-state index contributed by atoms with van der Waals surface area (Å²) in [6.45, 7) is 8.12. The van der Waals surface area contributed by atoms with Gasteiger partial charge in [0.2, 0.25) is 5.91 Å². The smallest absolute Gasteiger partial charge is 0.341 e. The van der Waals surface area contributed by atoms with E-state index < -0.39 is 12.1 Å². The van der Waals surface area contributed by atoms with Crippen molar-refractivity contribution in [3.8, 4) is 5.75 Å². The molecule has 1 atom stereocenters. The zero-order chi connectivity index (χ0) is 27.2. The largest absolute Gasteiger partial charge is 0.483 e. The van der Waals surface area contributed by atoms with Crippen LogP contribution in [0.2, 0.25) is 5.02 Å². The zero-order valence-electron chi connectivity index (χ0n) is 21.7. The minimum absolute atomic E-state index is 0.101. The number of amides is 1. The Kier molecular flexibility index (Phi) is 9.51. The summed E-state index contributed by atoms with van der Waals surface area (Å²) in [4.78, 5) is 26.7. The summed E-state index contributed by atoms with van der Waals surface area (Å²) < 4.78 is 13.0. The Morgan fingerprint density at radius 2 is 2.08 bits per heavy atom. The van der Waals surface area contributed by atoms with Gasteiger partial charge in [0.05, 0.1) is 18.4 Å². The highest BCUT2D eigenvalue weighted by Crippen LogP contribution is 2.38. The summed E-state index contributed by atoms with van der Waals surface area (Å²) in [5, 5.41) is 13.4. The van der Waals surface area contributed by atoms with Gasteiger partial charge in [-0.25, -0.2) is 4.79 Å². The number of rotatable bonds is 10. The number of aromatic nitrogens is 3. The Balaban J connectivity index is 1.46. The maximum Gasteiger partial charge on any atom is 0.341 e. The molecule has 4 rings (SSSR count). The number of hydrogen-bond acceptors (Lipinski definition) is 8. The Labute approximate surface area is 235 Å². The van der Waals surface area contributed by atoms with Crippen molar-refractivity contribution in [1.82, 2.24) is 14.8 Å². The first kappa shape index (κ1) is 28.2. The van der Waals surface area contributed by atoms with Gasteiger partial charge in [0.15, 0.2) is 17.1 Å². The number of carbonyl (C=O) groups excluding carboxylic acids is 2. The third-order valence-corrected chi connectivity index (χ3v) is 8.86. The van der Waals surface area contributed by atoms with Crippen molar-refractivity contribution >= 4 is 51.6 Å². The van der Waals surface area contributed by atoms with Crippen LogP contribution < -0.4 is 10.1 Å².